The highest BCUT2D eigenvalue weighted by Crippen LogP contribution is 2.53. The molecule has 0 spiro atoms. The van der Waals surface area contributed by atoms with E-state index in [0.717, 1.165) is 52.1 Å². The van der Waals surface area contributed by atoms with Gasteiger partial charge in [-0.3, -0.25) is 0 Å². The highest BCUT2D eigenvalue weighted by Gasteiger charge is 2.44. The van der Waals surface area contributed by atoms with Crippen LogP contribution in [0.25, 0.3) is 23.2 Å². The Morgan fingerprint density at radius 1 is 1.07 bits per heavy atom. The van der Waals surface area contributed by atoms with E-state index in [9.17, 15) is 5.11 Å². The van der Waals surface area contributed by atoms with E-state index in [0.29, 0.717) is 12.2 Å². The molecule has 5 nitrogen and oxygen atoms in total. The fourth-order valence-corrected chi connectivity index (χ4v) is 4.76. The summed E-state index contributed by atoms with van der Waals surface area (Å²) < 4.78 is 5.46. The SMILES string of the molecule is COc1ccc2c(c1O)[C@]1(CCN(C)C)Cc3nc4ccccc4nc3C=C1C=C2. The number of ether oxygens (including phenoxy) is 1. The van der Waals surface area contributed by atoms with Crippen LogP contribution in [-0.4, -0.2) is 47.7 Å². The number of phenolic OH excluding ortho intramolecular Hbond substituents is 1. The smallest absolute Gasteiger partial charge is 0.162 e. The van der Waals surface area contributed by atoms with Crippen LogP contribution >= 0.6 is 0 Å². The lowest BCUT2D eigenvalue weighted by Gasteiger charge is -2.42. The van der Waals surface area contributed by atoms with E-state index in [1.807, 2.05) is 36.4 Å². The Morgan fingerprint density at radius 2 is 1.83 bits per heavy atom. The average Bonchev–Trinajstić information content (AvgIpc) is 2.75. The van der Waals surface area contributed by atoms with Gasteiger partial charge in [0, 0.05) is 17.4 Å². The monoisotopic (exact) mass is 399 g/mol. The topological polar surface area (TPSA) is 58.5 Å². The zero-order valence-corrected chi connectivity index (χ0v) is 17.5. The van der Waals surface area contributed by atoms with Crippen LogP contribution < -0.4 is 4.74 Å². The summed E-state index contributed by atoms with van der Waals surface area (Å²) in [4.78, 5) is 12.0. The number of fused-ring (bicyclic) bond motifs is 5. The van der Waals surface area contributed by atoms with Crippen LogP contribution in [-0.2, 0) is 11.8 Å². The van der Waals surface area contributed by atoms with Crippen LogP contribution in [0.1, 0.15) is 28.9 Å². The number of hydrogen-bond acceptors (Lipinski definition) is 5. The van der Waals surface area contributed by atoms with Gasteiger partial charge in [-0.15, -0.1) is 0 Å². The molecule has 152 valence electrons. The van der Waals surface area contributed by atoms with Crippen molar-refractivity contribution in [1.82, 2.24) is 14.9 Å². The lowest BCUT2D eigenvalue weighted by Crippen LogP contribution is -2.39. The molecule has 1 N–H and O–H groups in total. The largest absolute Gasteiger partial charge is 0.504 e. The zero-order chi connectivity index (χ0) is 20.9. The molecule has 0 bridgehead atoms. The average molecular weight is 399 g/mol. The first-order valence-corrected chi connectivity index (χ1v) is 10.2. The van der Waals surface area contributed by atoms with Gasteiger partial charge >= 0.3 is 0 Å². The maximum absolute atomic E-state index is 11.2. The minimum absolute atomic E-state index is 0.223. The Balaban J connectivity index is 1.75. The maximum Gasteiger partial charge on any atom is 0.162 e. The summed E-state index contributed by atoms with van der Waals surface area (Å²) in [6.07, 6.45) is 7.94. The molecular formula is C25H25N3O2. The molecule has 0 saturated heterocycles. The number of aromatic hydroxyl groups is 1. The maximum atomic E-state index is 11.2. The summed E-state index contributed by atoms with van der Waals surface area (Å²) in [5.74, 6) is 0.726. The summed E-state index contributed by atoms with van der Waals surface area (Å²) in [7, 11) is 5.75. The molecule has 5 heteroatoms. The molecule has 0 aliphatic heterocycles. The molecule has 3 aromatic rings. The molecule has 0 unspecified atom stereocenters. The standard InChI is InChI=1S/C25H25N3O2/c1-28(2)13-12-25-15-21-20(26-18-6-4-5-7-19(18)27-21)14-17(25)10-8-16-9-11-22(30-3)24(29)23(16)25/h4-11,14,29H,12-13,15H2,1-3H3/t25-/m1/s1. The van der Waals surface area contributed by atoms with Crippen molar-refractivity contribution < 1.29 is 9.84 Å². The number of phenols is 1. The van der Waals surface area contributed by atoms with Gasteiger partial charge in [-0.2, -0.15) is 0 Å². The van der Waals surface area contributed by atoms with E-state index in [2.05, 4.69) is 37.2 Å². The van der Waals surface area contributed by atoms with Gasteiger partial charge in [0.2, 0.25) is 0 Å². The van der Waals surface area contributed by atoms with Crippen LogP contribution in [0.4, 0.5) is 0 Å². The molecule has 0 amide bonds. The molecule has 0 fully saturated rings. The van der Waals surface area contributed by atoms with Crippen molar-refractivity contribution in [2.24, 2.45) is 0 Å². The third-order valence-electron chi connectivity index (χ3n) is 6.29. The molecule has 5 rings (SSSR count). The molecule has 0 radical (unpaired) electrons. The number of hydrogen-bond donors (Lipinski definition) is 1. The van der Waals surface area contributed by atoms with E-state index >= 15 is 0 Å². The van der Waals surface area contributed by atoms with Crippen molar-refractivity contribution in [2.45, 2.75) is 18.3 Å². The number of methoxy groups -OCH3 is 1. The third kappa shape index (κ3) is 2.81. The van der Waals surface area contributed by atoms with Gasteiger partial charge in [-0.1, -0.05) is 30.4 Å². The molecular weight excluding hydrogens is 374 g/mol. The molecule has 2 aromatic carbocycles. The summed E-state index contributed by atoms with van der Waals surface area (Å²) in [5.41, 5.74) is 6.43. The summed E-state index contributed by atoms with van der Waals surface area (Å²) in [6.45, 7) is 0.887. The zero-order valence-electron chi connectivity index (χ0n) is 17.5. The Labute approximate surface area is 176 Å². The number of rotatable bonds is 4. The van der Waals surface area contributed by atoms with E-state index in [4.69, 9.17) is 14.7 Å². The second-order valence-electron chi connectivity index (χ2n) is 8.37. The van der Waals surface area contributed by atoms with Gasteiger partial charge < -0.3 is 14.7 Å². The first-order chi connectivity index (χ1) is 14.5. The lowest BCUT2D eigenvalue weighted by atomic mass is 9.62. The van der Waals surface area contributed by atoms with Gasteiger partial charge in [0.1, 0.15) is 0 Å². The van der Waals surface area contributed by atoms with Gasteiger partial charge in [-0.25, -0.2) is 9.97 Å². The molecule has 2 aliphatic carbocycles. The molecule has 0 saturated carbocycles. The van der Waals surface area contributed by atoms with Crippen LogP contribution in [0, 0.1) is 0 Å². The van der Waals surface area contributed by atoms with Crippen molar-refractivity contribution in [2.75, 3.05) is 27.7 Å². The normalized spacial score (nSPS) is 19.3. The molecule has 1 atom stereocenters. The highest BCUT2D eigenvalue weighted by atomic mass is 16.5. The van der Waals surface area contributed by atoms with Crippen molar-refractivity contribution in [3.8, 4) is 11.5 Å². The Hall–Kier alpha value is -3.18. The van der Waals surface area contributed by atoms with Crippen LogP contribution in [0.2, 0.25) is 0 Å². The Bertz CT molecular complexity index is 1210. The number of benzene rings is 2. The second kappa shape index (κ2) is 6.96. The number of aromatic nitrogens is 2. The summed E-state index contributed by atoms with van der Waals surface area (Å²) in [6, 6.07) is 11.8. The van der Waals surface area contributed by atoms with Crippen molar-refractivity contribution >= 4 is 23.2 Å². The third-order valence-corrected chi connectivity index (χ3v) is 6.29. The van der Waals surface area contributed by atoms with Crippen molar-refractivity contribution in [3.05, 3.63) is 70.6 Å². The fraction of sp³-hybridized carbons (Fsp3) is 0.280. The second-order valence-corrected chi connectivity index (χ2v) is 8.37. The Morgan fingerprint density at radius 3 is 2.57 bits per heavy atom. The van der Waals surface area contributed by atoms with E-state index in [1.54, 1.807) is 7.11 Å². The van der Waals surface area contributed by atoms with Crippen LogP contribution in [0.3, 0.4) is 0 Å². The fourth-order valence-electron chi connectivity index (χ4n) is 4.76. The predicted octanol–water partition coefficient (Wildman–Crippen LogP) is 4.20. The number of allylic oxidation sites excluding steroid dienone is 2. The van der Waals surface area contributed by atoms with Gasteiger partial charge in [0.15, 0.2) is 11.5 Å². The summed E-state index contributed by atoms with van der Waals surface area (Å²) >= 11 is 0. The first kappa shape index (κ1) is 18.8. The number of nitrogens with zero attached hydrogens (tertiary/aromatic N) is 3. The van der Waals surface area contributed by atoms with Crippen LogP contribution in [0.5, 0.6) is 11.5 Å². The number of para-hydroxylation sites is 2. The van der Waals surface area contributed by atoms with Crippen LogP contribution in [0.15, 0.2) is 48.0 Å². The minimum Gasteiger partial charge on any atom is -0.504 e. The van der Waals surface area contributed by atoms with Gasteiger partial charge in [-0.05, 0) is 62.5 Å². The molecule has 1 aromatic heterocycles. The Kier molecular flexibility index (Phi) is 4.36. The highest BCUT2D eigenvalue weighted by molar-refractivity contribution is 5.81. The lowest BCUT2D eigenvalue weighted by molar-refractivity contribution is 0.322. The first-order valence-electron chi connectivity index (χ1n) is 10.2. The van der Waals surface area contributed by atoms with Gasteiger partial charge in [0.05, 0.1) is 29.5 Å². The van der Waals surface area contributed by atoms with Crippen molar-refractivity contribution in [3.63, 3.8) is 0 Å². The summed E-state index contributed by atoms with van der Waals surface area (Å²) in [5, 5.41) is 11.2. The van der Waals surface area contributed by atoms with E-state index in [-0.39, 0.29) is 11.2 Å². The molecule has 1 heterocycles. The van der Waals surface area contributed by atoms with E-state index < -0.39 is 0 Å². The molecule has 30 heavy (non-hydrogen) atoms. The quantitative estimate of drug-likeness (QED) is 0.713. The van der Waals surface area contributed by atoms with Crippen molar-refractivity contribution in [1.29, 1.82) is 0 Å². The minimum atomic E-state index is -0.378. The van der Waals surface area contributed by atoms with Gasteiger partial charge in [0.25, 0.3) is 0 Å². The van der Waals surface area contributed by atoms with E-state index in [1.165, 1.54) is 0 Å². The predicted molar refractivity (Wildman–Crippen MR) is 120 cm³/mol. The molecule has 2 aliphatic rings.